The number of aromatic nitrogens is 2. The van der Waals surface area contributed by atoms with Crippen LogP contribution in [0, 0.1) is 0 Å². The van der Waals surface area contributed by atoms with E-state index in [9.17, 15) is 0 Å². The Morgan fingerprint density at radius 1 is 1.42 bits per heavy atom. The minimum absolute atomic E-state index is 0.218. The molecule has 0 radical (unpaired) electrons. The molecule has 0 amide bonds. The molecule has 1 aromatic carbocycles. The predicted octanol–water partition coefficient (Wildman–Crippen LogP) is 3.36. The molecule has 19 heavy (non-hydrogen) atoms. The zero-order chi connectivity index (χ0) is 13.7. The lowest BCUT2D eigenvalue weighted by molar-refractivity contribution is 0.391. The molecule has 2 aromatic rings. The van der Waals surface area contributed by atoms with Crippen LogP contribution in [-0.2, 0) is 5.75 Å². The van der Waals surface area contributed by atoms with Gasteiger partial charge in [-0.3, -0.25) is 0 Å². The van der Waals surface area contributed by atoms with Crippen molar-refractivity contribution in [3.05, 3.63) is 35.2 Å². The first-order valence-corrected chi connectivity index (χ1v) is 7.64. The summed E-state index contributed by atoms with van der Waals surface area (Å²) < 4.78 is 5.21. The summed E-state index contributed by atoms with van der Waals surface area (Å²) in [6.07, 6.45) is 0.974. The first-order chi connectivity index (χ1) is 9.20. The highest BCUT2D eigenvalue weighted by molar-refractivity contribution is 7.98. The maximum absolute atomic E-state index is 6.09. The second kappa shape index (κ2) is 6.93. The van der Waals surface area contributed by atoms with E-state index in [1.54, 1.807) is 11.8 Å². The summed E-state index contributed by atoms with van der Waals surface area (Å²) in [7, 11) is 0. The van der Waals surface area contributed by atoms with Crippen LogP contribution in [0.3, 0.4) is 0 Å². The Balaban J connectivity index is 1.98. The normalized spacial score (nSPS) is 12.6. The highest BCUT2D eigenvalue weighted by Crippen LogP contribution is 2.25. The average Bonchev–Trinajstić information content (AvgIpc) is 2.87. The van der Waals surface area contributed by atoms with Crippen LogP contribution in [0.5, 0.6) is 0 Å². The van der Waals surface area contributed by atoms with Crippen LogP contribution >= 0.6 is 23.4 Å². The molecular weight excluding hydrogens is 282 g/mol. The van der Waals surface area contributed by atoms with E-state index in [2.05, 4.69) is 17.1 Å². The number of benzene rings is 1. The summed E-state index contributed by atoms with van der Waals surface area (Å²) in [5.41, 5.74) is 6.63. The summed E-state index contributed by atoms with van der Waals surface area (Å²) in [5.74, 6) is 2.69. The SMILES string of the molecule is CCC(N)CSCc1nc(-c2ccccc2Cl)no1. The van der Waals surface area contributed by atoms with Crippen LogP contribution < -0.4 is 5.73 Å². The van der Waals surface area contributed by atoms with Gasteiger partial charge in [0.15, 0.2) is 0 Å². The van der Waals surface area contributed by atoms with Crippen LogP contribution in [0.25, 0.3) is 11.4 Å². The monoisotopic (exact) mass is 297 g/mol. The van der Waals surface area contributed by atoms with E-state index in [0.29, 0.717) is 22.5 Å². The van der Waals surface area contributed by atoms with Gasteiger partial charge in [-0.05, 0) is 18.6 Å². The van der Waals surface area contributed by atoms with Crippen molar-refractivity contribution in [2.24, 2.45) is 5.73 Å². The van der Waals surface area contributed by atoms with E-state index in [4.69, 9.17) is 21.9 Å². The zero-order valence-corrected chi connectivity index (χ0v) is 12.2. The predicted molar refractivity (Wildman–Crippen MR) is 79.2 cm³/mol. The van der Waals surface area contributed by atoms with Crippen LogP contribution in [0.2, 0.25) is 5.02 Å². The Kier molecular flexibility index (Phi) is 5.24. The van der Waals surface area contributed by atoms with Crippen molar-refractivity contribution in [2.75, 3.05) is 5.75 Å². The minimum Gasteiger partial charge on any atom is -0.338 e. The Hall–Kier alpha value is -1.04. The van der Waals surface area contributed by atoms with E-state index >= 15 is 0 Å². The molecule has 1 aromatic heterocycles. The number of nitrogens with zero attached hydrogens (tertiary/aromatic N) is 2. The first-order valence-electron chi connectivity index (χ1n) is 6.11. The van der Waals surface area contributed by atoms with Crippen LogP contribution in [0.1, 0.15) is 19.2 Å². The Labute approximate surface area is 121 Å². The average molecular weight is 298 g/mol. The van der Waals surface area contributed by atoms with Gasteiger partial charge in [-0.1, -0.05) is 35.8 Å². The van der Waals surface area contributed by atoms with Gasteiger partial charge in [0.2, 0.25) is 11.7 Å². The Morgan fingerprint density at radius 3 is 2.95 bits per heavy atom. The molecule has 4 nitrogen and oxygen atoms in total. The summed E-state index contributed by atoms with van der Waals surface area (Å²) >= 11 is 7.79. The number of nitrogens with two attached hydrogens (primary N) is 1. The molecule has 0 spiro atoms. The minimum atomic E-state index is 0.218. The van der Waals surface area contributed by atoms with Crippen molar-refractivity contribution in [1.29, 1.82) is 0 Å². The Bertz CT molecular complexity index is 532. The van der Waals surface area contributed by atoms with Gasteiger partial charge in [0.05, 0.1) is 10.8 Å². The summed E-state index contributed by atoms with van der Waals surface area (Å²) in [4.78, 5) is 4.34. The molecule has 0 saturated heterocycles. The van der Waals surface area contributed by atoms with Crippen molar-refractivity contribution >= 4 is 23.4 Å². The standard InChI is InChI=1S/C13H16ClN3OS/c1-2-9(15)7-19-8-12-16-13(17-18-12)10-5-3-4-6-11(10)14/h3-6,9H,2,7-8,15H2,1H3. The van der Waals surface area contributed by atoms with Crippen LogP contribution in [0.15, 0.2) is 28.8 Å². The molecule has 0 aliphatic heterocycles. The second-order valence-corrected chi connectivity index (χ2v) is 5.61. The molecule has 0 fully saturated rings. The fraction of sp³-hybridized carbons (Fsp3) is 0.385. The molecule has 6 heteroatoms. The molecule has 2 N–H and O–H groups in total. The fourth-order valence-electron chi connectivity index (χ4n) is 1.48. The third-order valence-corrected chi connectivity index (χ3v) is 4.11. The van der Waals surface area contributed by atoms with E-state index in [1.165, 1.54) is 0 Å². The highest BCUT2D eigenvalue weighted by Gasteiger charge is 2.11. The summed E-state index contributed by atoms with van der Waals surface area (Å²) in [6, 6.07) is 7.66. The second-order valence-electron chi connectivity index (χ2n) is 4.18. The van der Waals surface area contributed by atoms with Gasteiger partial charge in [-0.2, -0.15) is 16.7 Å². The van der Waals surface area contributed by atoms with Crippen molar-refractivity contribution < 1.29 is 4.52 Å². The van der Waals surface area contributed by atoms with Crippen molar-refractivity contribution in [2.45, 2.75) is 25.1 Å². The van der Waals surface area contributed by atoms with Crippen LogP contribution in [0.4, 0.5) is 0 Å². The van der Waals surface area contributed by atoms with Crippen LogP contribution in [-0.4, -0.2) is 21.9 Å². The molecular formula is C13H16ClN3OS. The Morgan fingerprint density at radius 2 is 2.21 bits per heavy atom. The molecule has 0 saturated carbocycles. The number of halogens is 1. The number of hydrogen-bond acceptors (Lipinski definition) is 5. The third-order valence-electron chi connectivity index (χ3n) is 2.66. The van der Waals surface area contributed by atoms with E-state index < -0.39 is 0 Å². The zero-order valence-electron chi connectivity index (χ0n) is 10.7. The van der Waals surface area contributed by atoms with Gasteiger partial charge in [0.25, 0.3) is 0 Å². The van der Waals surface area contributed by atoms with E-state index in [-0.39, 0.29) is 6.04 Å². The van der Waals surface area contributed by atoms with Crippen molar-refractivity contribution in [1.82, 2.24) is 10.1 Å². The van der Waals surface area contributed by atoms with Crippen molar-refractivity contribution in [3.8, 4) is 11.4 Å². The topological polar surface area (TPSA) is 64.9 Å². The number of rotatable bonds is 6. The molecule has 102 valence electrons. The van der Waals surface area contributed by atoms with Gasteiger partial charge in [-0.15, -0.1) is 0 Å². The maximum atomic E-state index is 6.09. The highest BCUT2D eigenvalue weighted by atomic mass is 35.5. The van der Waals surface area contributed by atoms with Crippen molar-refractivity contribution in [3.63, 3.8) is 0 Å². The lowest BCUT2D eigenvalue weighted by Gasteiger charge is -2.05. The molecule has 0 bridgehead atoms. The largest absolute Gasteiger partial charge is 0.338 e. The smallest absolute Gasteiger partial charge is 0.236 e. The summed E-state index contributed by atoms with van der Waals surface area (Å²) in [5, 5.41) is 4.57. The fourth-order valence-corrected chi connectivity index (χ4v) is 2.65. The molecule has 1 atom stereocenters. The third kappa shape index (κ3) is 3.96. The maximum Gasteiger partial charge on any atom is 0.236 e. The van der Waals surface area contributed by atoms with Gasteiger partial charge >= 0.3 is 0 Å². The lowest BCUT2D eigenvalue weighted by Crippen LogP contribution is -2.21. The van der Waals surface area contributed by atoms with E-state index in [0.717, 1.165) is 17.7 Å². The van der Waals surface area contributed by atoms with Gasteiger partial charge in [-0.25, -0.2) is 0 Å². The quantitative estimate of drug-likeness (QED) is 0.885. The van der Waals surface area contributed by atoms with Gasteiger partial charge < -0.3 is 10.3 Å². The number of hydrogen-bond donors (Lipinski definition) is 1. The van der Waals surface area contributed by atoms with Gasteiger partial charge in [0.1, 0.15) is 0 Å². The van der Waals surface area contributed by atoms with Gasteiger partial charge in [0, 0.05) is 17.4 Å². The molecule has 0 aliphatic carbocycles. The number of thioether (sulfide) groups is 1. The molecule has 0 aliphatic rings. The molecule has 2 rings (SSSR count). The molecule has 1 unspecified atom stereocenters. The summed E-state index contributed by atoms with van der Waals surface area (Å²) in [6.45, 7) is 2.08. The first kappa shape index (κ1) is 14.4. The lowest BCUT2D eigenvalue weighted by atomic mass is 10.2. The molecule has 1 heterocycles. The van der Waals surface area contributed by atoms with E-state index in [1.807, 2.05) is 24.3 Å².